The first-order valence-corrected chi connectivity index (χ1v) is 15.3. The quantitative estimate of drug-likeness (QED) is 0.202. The molecule has 0 saturated carbocycles. The molecule has 8 aromatic rings. The van der Waals surface area contributed by atoms with Crippen molar-refractivity contribution < 1.29 is 4.42 Å². The first kappa shape index (κ1) is 25.9. The van der Waals surface area contributed by atoms with Gasteiger partial charge in [0.05, 0.1) is 11.0 Å². The Kier molecular flexibility index (Phi) is 5.74. The van der Waals surface area contributed by atoms with Crippen molar-refractivity contribution in [1.29, 1.82) is 0 Å². The number of aromatic nitrogens is 3. The fourth-order valence-corrected chi connectivity index (χ4v) is 7.27. The molecule has 5 heteroatoms. The van der Waals surface area contributed by atoms with Gasteiger partial charge in [-0.15, -0.1) is 0 Å². The standard InChI is InChI=1S/C40H24ClN3O/c41-39-43-37(42-38(44-39)32-19-11-18-31-30-17-8-10-21-35(30)45-36(31)32)25-22-23-29-28-16-7-9-20-33(28)40(34(29)24-25,26-12-3-1-4-13-26)27-14-5-2-6-15-27/h1-24H. The van der Waals surface area contributed by atoms with Gasteiger partial charge in [0.2, 0.25) is 5.28 Å². The molecule has 0 amide bonds. The molecule has 2 heterocycles. The zero-order valence-corrected chi connectivity index (χ0v) is 24.7. The third-order valence-electron chi connectivity index (χ3n) is 8.97. The largest absolute Gasteiger partial charge is 0.455 e. The smallest absolute Gasteiger partial charge is 0.226 e. The average Bonchev–Trinajstić information content (AvgIpc) is 3.62. The van der Waals surface area contributed by atoms with Crippen LogP contribution in [0.5, 0.6) is 0 Å². The second-order valence-corrected chi connectivity index (χ2v) is 11.7. The number of benzene rings is 6. The molecule has 9 rings (SSSR count). The fourth-order valence-electron chi connectivity index (χ4n) is 7.11. The Morgan fingerprint density at radius 1 is 0.489 bits per heavy atom. The van der Waals surface area contributed by atoms with Gasteiger partial charge in [0.1, 0.15) is 11.2 Å². The van der Waals surface area contributed by atoms with Crippen molar-refractivity contribution in [3.8, 4) is 33.9 Å². The number of hydrogen-bond acceptors (Lipinski definition) is 4. The van der Waals surface area contributed by atoms with E-state index in [1.54, 1.807) is 0 Å². The Hall–Kier alpha value is -5.58. The lowest BCUT2D eigenvalue weighted by molar-refractivity contribution is 0.669. The Labute approximate surface area is 264 Å². The van der Waals surface area contributed by atoms with Gasteiger partial charge in [-0.25, -0.2) is 4.98 Å². The molecular weight excluding hydrogens is 574 g/mol. The lowest BCUT2D eigenvalue weighted by atomic mass is 9.67. The van der Waals surface area contributed by atoms with E-state index < -0.39 is 5.41 Å². The maximum Gasteiger partial charge on any atom is 0.226 e. The summed E-state index contributed by atoms with van der Waals surface area (Å²) in [6, 6.07) is 50.7. The van der Waals surface area contributed by atoms with E-state index in [1.165, 1.54) is 33.4 Å². The van der Waals surface area contributed by atoms with Gasteiger partial charge < -0.3 is 4.42 Å². The first-order valence-electron chi connectivity index (χ1n) is 14.9. The molecule has 0 spiro atoms. The van der Waals surface area contributed by atoms with Gasteiger partial charge in [-0.3, -0.25) is 0 Å². The summed E-state index contributed by atoms with van der Waals surface area (Å²) >= 11 is 6.62. The van der Waals surface area contributed by atoms with Crippen LogP contribution in [0.15, 0.2) is 150 Å². The Morgan fingerprint density at radius 2 is 1.11 bits per heavy atom. The van der Waals surface area contributed by atoms with E-state index in [0.29, 0.717) is 11.6 Å². The lowest BCUT2D eigenvalue weighted by Crippen LogP contribution is -2.28. The zero-order chi connectivity index (χ0) is 30.0. The van der Waals surface area contributed by atoms with E-state index in [2.05, 4.69) is 125 Å². The summed E-state index contributed by atoms with van der Waals surface area (Å²) in [6.45, 7) is 0. The zero-order valence-electron chi connectivity index (χ0n) is 24.0. The van der Waals surface area contributed by atoms with Gasteiger partial charge in [-0.05, 0) is 63.2 Å². The van der Waals surface area contributed by atoms with E-state index in [0.717, 1.165) is 33.1 Å². The van der Waals surface area contributed by atoms with Crippen LogP contribution in [-0.4, -0.2) is 15.0 Å². The number of fused-ring (bicyclic) bond motifs is 6. The molecule has 1 aliphatic carbocycles. The molecule has 1 aliphatic rings. The van der Waals surface area contributed by atoms with Crippen LogP contribution in [0.4, 0.5) is 0 Å². The highest BCUT2D eigenvalue weighted by molar-refractivity contribution is 6.28. The molecule has 45 heavy (non-hydrogen) atoms. The van der Waals surface area contributed by atoms with Gasteiger partial charge in [-0.1, -0.05) is 127 Å². The summed E-state index contributed by atoms with van der Waals surface area (Å²) < 4.78 is 6.30. The summed E-state index contributed by atoms with van der Waals surface area (Å²) in [5.74, 6) is 0.975. The number of para-hydroxylation sites is 2. The number of furan rings is 1. The SMILES string of the molecule is Clc1nc(-c2ccc3c(c2)C(c2ccccc2)(c2ccccc2)c2ccccc2-3)nc(-c2cccc3c2oc2ccccc23)n1. The minimum Gasteiger partial charge on any atom is -0.455 e. The van der Waals surface area contributed by atoms with Crippen molar-refractivity contribution in [1.82, 2.24) is 15.0 Å². The molecule has 212 valence electrons. The lowest BCUT2D eigenvalue weighted by Gasteiger charge is -2.34. The second-order valence-electron chi connectivity index (χ2n) is 11.3. The second kappa shape index (κ2) is 9.98. The van der Waals surface area contributed by atoms with Crippen LogP contribution in [0.1, 0.15) is 22.3 Å². The number of hydrogen-bond donors (Lipinski definition) is 0. The molecule has 0 unspecified atom stereocenters. The first-order chi connectivity index (χ1) is 22.2. The number of rotatable bonds is 4. The van der Waals surface area contributed by atoms with Crippen LogP contribution >= 0.6 is 11.6 Å². The van der Waals surface area contributed by atoms with E-state index in [4.69, 9.17) is 21.0 Å². The van der Waals surface area contributed by atoms with Crippen LogP contribution in [0.3, 0.4) is 0 Å². The minimum absolute atomic E-state index is 0.129. The van der Waals surface area contributed by atoms with Crippen molar-refractivity contribution in [2.45, 2.75) is 5.41 Å². The summed E-state index contributed by atoms with van der Waals surface area (Å²) in [6.07, 6.45) is 0. The van der Waals surface area contributed by atoms with Crippen LogP contribution in [0.2, 0.25) is 5.28 Å². The molecule has 0 N–H and O–H groups in total. The summed E-state index contributed by atoms with van der Waals surface area (Å²) in [5, 5.41) is 2.18. The highest BCUT2D eigenvalue weighted by Gasteiger charge is 2.46. The van der Waals surface area contributed by atoms with Crippen molar-refractivity contribution in [2.24, 2.45) is 0 Å². The maximum atomic E-state index is 6.62. The highest BCUT2D eigenvalue weighted by Crippen LogP contribution is 2.56. The average molecular weight is 598 g/mol. The van der Waals surface area contributed by atoms with Gasteiger partial charge in [0, 0.05) is 16.3 Å². The molecular formula is C40H24ClN3O. The van der Waals surface area contributed by atoms with Gasteiger partial charge in [0.15, 0.2) is 11.6 Å². The van der Waals surface area contributed by atoms with Crippen molar-refractivity contribution >= 4 is 33.5 Å². The van der Waals surface area contributed by atoms with Crippen molar-refractivity contribution in [3.05, 3.63) is 173 Å². The van der Waals surface area contributed by atoms with Crippen molar-refractivity contribution in [2.75, 3.05) is 0 Å². The van der Waals surface area contributed by atoms with E-state index in [1.807, 2.05) is 30.3 Å². The number of halogens is 1. The third-order valence-corrected chi connectivity index (χ3v) is 9.14. The monoisotopic (exact) mass is 597 g/mol. The van der Waals surface area contributed by atoms with Crippen LogP contribution in [0, 0.1) is 0 Å². The van der Waals surface area contributed by atoms with Gasteiger partial charge >= 0.3 is 0 Å². The molecule has 0 atom stereocenters. The van der Waals surface area contributed by atoms with Gasteiger partial charge in [0.25, 0.3) is 0 Å². The maximum absolute atomic E-state index is 6.62. The molecule has 0 bridgehead atoms. The predicted octanol–water partition coefficient (Wildman–Crippen LogP) is 10.1. The summed E-state index contributed by atoms with van der Waals surface area (Å²) in [7, 11) is 0. The molecule has 0 fully saturated rings. The third kappa shape index (κ3) is 3.83. The molecule has 0 saturated heterocycles. The highest BCUT2D eigenvalue weighted by atomic mass is 35.5. The van der Waals surface area contributed by atoms with Crippen LogP contribution < -0.4 is 0 Å². The predicted molar refractivity (Wildman–Crippen MR) is 180 cm³/mol. The number of nitrogens with zero attached hydrogens (tertiary/aromatic N) is 3. The van der Waals surface area contributed by atoms with Crippen LogP contribution in [0.25, 0.3) is 55.8 Å². The Bertz CT molecular complexity index is 2360. The summed E-state index contributed by atoms with van der Waals surface area (Å²) in [5.41, 5.74) is 9.88. The normalized spacial score (nSPS) is 13.2. The van der Waals surface area contributed by atoms with Crippen molar-refractivity contribution in [3.63, 3.8) is 0 Å². The van der Waals surface area contributed by atoms with E-state index >= 15 is 0 Å². The molecule has 0 radical (unpaired) electrons. The molecule has 4 nitrogen and oxygen atoms in total. The minimum atomic E-state index is -0.524. The molecule has 0 aliphatic heterocycles. The fraction of sp³-hybridized carbons (Fsp3) is 0.0250. The Balaban J connectivity index is 1.28. The van der Waals surface area contributed by atoms with E-state index in [-0.39, 0.29) is 5.28 Å². The van der Waals surface area contributed by atoms with Crippen LogP contribution in [-0.2, 0) is 5.41 Å². The summed E-state index contributed by atoms with van der Waals surface area (Å²) in [4.78, 5) is 14.2. The molecule has 2 aromatic heterocycles. The molecule has 6 aromatic carbocycles. The van der Waals surface area contributed by atoms with Gasteiger partial charge in [-0.2, -0.15) is 9.97 Å². The van der Waals surface area contributed by atoms with E-state index in [9.17, 15) is 0 Å². The Morgan fingerprint density at radius 3 is 1.91 bits per heavy atom. The topological polar surface area (TPSA) is 51.8 Å².